The van der Waals surface area contributed by atoms with Crippen LogP contribution in [0.2, 0.25) is 0 Å². The van der Waals surface area contributed by atoms with Gasteiger partial charge >= 0.3 is 0 Å². The molecule has 0 saturated carbocycles. The first-order valence-corrected chi connectivity index (χ1v) is 4.98. The van der Waals surface area contributed by atoms with E-state index in [4.69, 9.17) is 14.6 Å². The fraction of sp³-hybridized carbons (Fsp3) is 1.00. The molecule has 0 spiro atoms. The van der Waals surface area contributed by atoms with E-state index in [-0.39, 0.29) is 46.8 Å². The second-order valence-electron chi connectivity index (χ2n) is 3.67. The Labute approximate surface area is 102 Å². The summed E-state index contributed by atoms with van der Waals surface area (Å²) < 4.78 is 11.1. The normalized spacial score (nSPS) is 11.1. The van der Waals surface area contributed by atoms with Crippen molar-refractivity contribution in [2.45, 2.75) is 59.0 Å². The van der Waals surface area contributed by atoms with Gasteiger partial charge in [0.15, 0.2) is 6.29 Å². The molecule has 0 aromatic rings. The molecule has 0 heterocycles. The van der Waals surface area contributed by atoms with Gasteiger partial charge in [0.25, 0.3) is 0 Å². The van der Waals surface area contributed by atoms with Crippen molar-refractivity contribution in [3.05, 3.63) is 0 Å². The smallest absolute Gasteiger partial charge is 0.158 e. The molecule has 0 unspecified atom stereocenters. The van der Waals surface area contributed by atoms with Crippen molar-refractivity contribution in [2.75, 3.05) is 6.61 Å². The first-order chi connectivity index (χ1) is 6.06. The van der Waals surface area contributed by atoms with Crippen LogP contribution in [-0.2, 0) is 31.2 Å². The quantitative estimate of drug-likeness (QED) is 0.544. The molecule has 14 heavy (non-hydrogen) atoms. The third-order valence-electron chi connectivity index (χ3n) is 1.45. The number of hydrogen-bond acceptors (Lipinski definition) is 3. The molecule has 0 aliphatic rings. The van der Waals surface area contributed by atoms with Gasteiger partial charge in [0, 0.05) is 34.7 Å². The molecule has 0 aliphatic heterocycles. The second-order valence-corrected chi connectivity index (χ2v) is 3.67. The van der Waals surface area contributed by atoms with Crippen LogP contribution in [0, 0.1) is 0 Å². The van der Waals surface area contributed by atoms with Crippen molar-refractivity contribution in [3.63, 3.8) is 0 Å². The standard InChI is InChI=1S/C10H22O3.Ti/c1-8(2)12-10(6-5-7-11)13-9(3)4;/h8-11H,5-7H2,1-4H3;. The molecule has 0 rings (SSSR count). The Hall–Kier alpha value is 0.594. The van der Waals surface area contributed by atoms with Gasteiger partial charge in [-0.15, -0.1) is 0 Å². The molecule has 0 atom stereocenters. The third kappa shape index (κ3) is 10.7. The van der Waals surface area contributed by atoms with Gasteiger partial charge in [0.2, 0.25) is 0 Å². The molecule has 0 bridgehead atoms. The van der Waals surface area contributed by atoms with Crippen LogP contribution in [-0.4, -0.2) is 30.2 Å². The van der Waals surface area contributed by atoms with Crippen molar-refractivity contribution in [1.82, 2.24) is 0 Å². The van der Waals surface area contributed by atoms with Gasteiger partial charge in [-0.1, -0.05) is 0 Å². The fourth-order valence-electron chi connectivity index (χ4n) is 1.03. The number of hydrogen-bond donors (Lipinski definition) is 1. The zero-order valence-electron chi connectivity index (χ0n) is 9.62. The molecule has 4 heteroatoms. The summed E-state index contributed by atoms with van der Waals surface area (Å²) in [5.74, 6) is 0. The SMILES string of the molecule is CC(C)OC(CCCO)OC(C)C.[Ti]. The predicted octanol–water partition coefficient (Wildman–Crippen LogP) is 1.93. The van der Waals surface area contributed by atoms with E-state index >= 15 is 0 Å². The Balaban J connectivity index is 0. The first-order valence-electron chi connectivity index (χ1n) is 4.98. The molecular weight excluding hydrogens is 216 g/mol. The van der Waals surface area contributed by atoms with Crippen LogP contribution in [0.15, 0.2) is 0 Å². The van der Waals surface area contributed by atoms with Crippen LogP contribution in [0.3, 0.4) is 0 Å². The Morgan fingerprint density at radius 3 is 1.71 bits per heavy atom. The van der Waals surface area contributed by atoms with E-state index in [1.54, 1.807) is 0 Å². The van der Waals surface area contributed by atoms with E-state index in [0.29, 0.717) is 0 Å². The summed E-state index contributed by atoms with van der Waals surface area (Å²) in [6, 6.07) is 0. The van der Waals surface area contributed by atoms with Crippen molar-refractivity contribution in [2.24, 2.45) is 0 Å². The van der Waals surface area contributed by atoms with Crippen molar-refractivity contribution >= 4 is 0 Å². The Bertz CT molecular complexity index is 108. The molecule has 0 aromatic heterocycles. The summed E-state index contributed by atoms with van der Waals surface area (Å²) in [7, 11) is 0. The first kappa shape index (κ1) is 17.0. The summed E-state index contributed by atoms with van der Waals surface area (Å²) in [4.78, 5) is 0. The van der Waals surface area contributed by atoms with Crippen LogP contribution in [0.5, 0.6) is 0 Å². The van der Waals surface area contributed by atoms with E-state index in [1.807, 2.05) is 27.7 Å². The minimum absolute atomic E-state index is 0. The van der Waals surface area contributed by atoms with Crippen LogP contribution >= 0.6 is 0 Å². The Kier molecular flexibility index (Phi) is 12.3. The number of aliphatic hydroxyl groups is 1. The zero-order valence-corrected chi connectivity index (χ0v) is 11.2. The Morgan fingerprint density at radius 1 is 1.00 bits per heavy atom. The number of aliphatic hydroxyl groups excluding tert-OH is 1. The zero-order chi connectivity index (χ0) is 10.3. The Morgan fingerprint density at radius 2 is 1.43 bits per heavy atom. The maximum atomic E-state index is 8.67. The van der Waals surface area contributed by atoms with E-state index < -0.39 is 0 Å². The largest absolute Gasteiger partial charge is 0.396 e. The minimum Gasteiger partial charge on any atom is -0.396 e. The van der Waals surface area contributed by atoms with E-state index in [0.717, 1.165) is 12.8 Å². The van der Waals surface area contributed by atoms with Gasteiger partial charge in [-0.25, -0.2) is 0 Å². The monoisotopic (exact) mass is 238 g/mol. The molecule has 0 aromatic carbocycles. The van der Waals surface area contributed by atoms with Crippen molar-refractivity contribution in [3.8, 4) is 0 Å². The molecule has 0 amide bonds. The van der Waals surface area contributed by atoms with Crippen molar-refractivity contribution in [1.29, 1.82) is 0 Å². The van der Waals surface area contributed by atoms with Crippen LogP contribution < -0.4 is 0 Å². The van der Waals surface area contributed by atoms with E-state index in [9.17, 15) is 0 Å². The predicted molar refractivity (Wildman–Crippen MR) is 52.5 cm³/mol. The minimum atomic E-state index is -0.174. The average molecular weight is 238 g/mol. The van der Waals surface area contributed by atoms with Gasteiger partial charge < -0.3 is 14.6 Å². The molecular formula is C10H22O3Ti. The van der Waals surface area contributed by atoms with Gasteiger partial charge in [-0.05, 0) is 34.1 Å². The summed E-state index contributed by atoms with van der Waals surface area (Å²) >= 11 is 0. The summed E-state index contributed by atoms with van der Waals surface area (Å²) in [6.45, 7) is 8.12. The molecule has 84 valence electrons. The fourth-order valence-corrected chi connectivity index (χ4v) is 1.03. The molecule has 0 fully saturated rings. The van der Waals surface area contributed by atoms with Crippen molar-refractivity contribution < 1.29 is 36.3 Å². The number of rotatable bonds is 7. The maximum absolute atomic E-state index is 8.67. The van der Waals surface area contributed by atoms with Gasteiger partial charge in [0.1, 0.15) is 0 Å². The summed E-state index contributed by atoms with van der Waals surface area (Å²) in [5, 5.41) is 8.67. The van der Waals surface area contributed by atoms with Crippen LogP contribution in [0.25, 0.3) is 0 Å². The summed E-state index contributed by atoms with van der Waals surface area (Å²) in [6.07, 6.45) is 1.65. The van der Waals surface area contributed by atoms with Gasteiger partial charge in [0.05, 0.1) is 12.2 Å². The van der Waals surface area contributed by atoms with Gasteiger partial charge in [-0.3, -0.25) is 0 Å². The average Bonchev–Trinajstić information content (AvgIpc) is 1.98. The molecule has 1 N–H and O–H groups in total. The third-order valence-corrected chi connectivity index (χ3v) is 1.45. The topological polar surface area (TPSA) is 38.7 Å². The van der Waals surface area contributed by atoms with Crippen LogP contribution in [0.1, 0.15) is 40.5 Å². The van der Waals surface area contributed by atoms with Gasteiger partial charge in [-0.2, -0.15) is 0 Å². The molecule has 0 saturated heterocycles. The number of ether oxygens (including phenoxy) is 2. The van der Waals surface area contributed by atoms with E-state index in [1.165, 1.54) is 0 Å². The van der Waals surface area contributed by atoms with E-state index in [2.05, 4.69) is 0 Å². The summed E-state index contributed by atoms with van der Waals surface area (Å²) in [5.41, 5.74) is 0. The van der Waals surface area contributed by atoms with Crippen LogP contribution in [0.4, 0.5) is 0 Å². The maximum Gasteiger partial charge on any atom is 0.158 e. The molecule has 0 aliphatic carbocycles. The molecule has 0 radical (unpaired) electrons. The second kappa shape index (κ2) is 10.1. The molecule has 3 nitrogen and oxygen atoms in total.